The van der Waals surface area contributed by atoms with E-state index in [4.69, 9.17) is 11.6 Å². The van der Waals surface area contributed by atoms with E-state index in [1.165, 1.54) is 0 Å². The number of halogens is 1. The minimum absolute atomic E-state index is 0.0223. The normalized spacial score (nSPS) is 14.8. The van der Waals surface area contributed by atoms with E-state index in [-0.39, 0.29) is 5.91 Å². The summed E-state index contributed by atoms with van der Waals surface area (Å²) < 4.78 is 2.19. The number of likely N-dealkylation sites (N-methyl/N-ethyl adjacent to an activating group) is 1. The molecule has 3 aromatic carbocycles. The maximum Gasteiger partial charge on any atom is 0.258 e. The first-order valence-electron chi connectivity index (χ1n) is 9.54. The van der Waals surface area contributed by atoms with E-state index in [1.807, 2.05) is 73.8 Å². The molecule has 0 N–H and O–H groups in total. The molecule has 0 saturated heterocycles. The van der Waals surface area contributed by atoms with Crippen molar-refractivity contribution in [1.29, 1.82) is 0 Å². The molecular formula is C25H19ClN2O. The number of nitrogens with zero attached hydrogens (tertiary/aromatic N) is 2. The van der Waals surface area contributed by atoms with Crippen molar-refractivity contribution in [3.63, 3.8) is 0 Å². The molecule has 0 unspecified atom stereocenters. The van der Waals surface area contributed by atoms with Gasteiger partial charge in [-0.25, -0.2) is 0 Å². The molecule has 0 spiro atoms. The van der Waals surface area contributed by atoms with Crippen molar-refractivity contribution in [2.45, 2.75) is 6.54 Å². The zero-order chi connectivity index (χ0) is 20.0. The summed E-state index contributed by atoms with van der Waals surface area (Å²) in [6.07, 6.45) is 4.12. The molecule has 0 atom stereocenters. The van der Waals surface area contributed by atoms with E-state index >= 15 is 0 Å². The van der Waals surface area contributed by atoms with Crippen LogP contribution >= 0.6 is 11.6 Å². The fraction of sp³-hybridized carbons (Fsp3) is 0.0800. The Labute approximate surface area is 174 Å². The predicted molar refractivity (Wildman–Crippen MR) is 120 cm³/mol. The molecule has 5 rings (SSSR count). The summed E-state index contributed by atoms with van der Waals surface area (Å²) in [4.78, 5) is 14.6. The van der Waals surface area contributed by atoms with Crippen LogP contribution in [0.1, 0.15) is 16.7 Å². The topological polar surface area (TPSA) is 25.2 Å². The molecule has 0 fully saturated rings. The Morgan fingerprint density at radius 1 is 0.931 bits per heavy atom. The Bertz CT molecular complexity index is 1280. The Morgan fingerprint density at radius 2 is 1.66 bits per heavy atom. The number of carbonyl (C=O) groups excluding carboxylic acids is 1. The minimum atomic E-state index is 0.0223. The average molecular weight is 399 g/mol. The first kappa shape index (κ1) is 17.8. The number of amides is 1. The highest BCUT2D eigenvalue weighted by atomic mass is 35.5. The van der Waals surface area contributed by atoms with Gasteiger partial charge in [0.15, 0.2) is 0 Å². The van der Waals surface area contributed by atoms with E-state index in [0.717, 1.165) is 43.9 Å². The van der Waals surface area contributed by atoms with Crippen LogP contribution in [-0.2, 0) is 11.3 Å². The van der Waals surface area contributed by atoms with Gasteiger partial charge < -0.3 is 9.47 Å². The van der Waals surface area contributed by atoms with Crippen LogP contribution in [0.3, 0.4) is 0 Å². The van der Waals surface area contributed by atoms with Gasteiger partial charge in [0.2, 0.25) is 0 Å². The molecule has 3 nitrogen and oxygen atoms in total. The van der Waals surface area contributed by atoms with Crippen molar-refractivity contribution in [2.24, 2.45) is 0 Å². The Morgan fingerprint density at radius 3 is 2.52 bits per heavy atom. The van der Waals surface area contributed by atoms with Crippen molar-refractivity contribution in [1.82, 2.24) is 4.57 Å². The Hall–Kier alpha value is -3.30. The van der Waals surface area contributed by atoms with Crippen LogP contribution in [0.4, 0.5) is 5.69 Å². The van der Waals surface area contributed by atoms with E-state index in [9.17, 15) is 4.79 Å². The second-order valence-corrected chi connectivity index (χ2v) is 7.67. The molecule has 1 amide bonds. The molecule has 0 aliphatic carbocycles. The molecule has 4 heteroatoms. The van der Waals surface area contributed by atoms with Crippen LogP contribution in [0.25, 0.3) is 22.6 Å². The Kier molecular flexibility index (Phi) is 4.26. The number of fused-ring (bicyclic) bond motifs is 2. The fourth-order valence-corrected chi connectivity index (χ4v) is 4.22. The van der Waals surface area contributed by atoms with Gasteiger partial charge in [0, 0.05) is 52.4 Å². The molecule has 1 aliphatic heterocycles. The molecule has 2 heterocycles. The van der Waals surface area contributed by atoms with Crippen molar-refractivity contribution in [2.75, 3.05) is 11.9 Å². The van der Waals surface area contributed by atoms with Gasteiger partial charge in [0.25, 0.3) is 5.91 Å². The zero-order valence-corrected chi connectivity index (χ0v) is 16.7. The maximum absolute atomic E-state index is 12.9. The van der Waals surface area contributed by atoms with Gasteiger partial charge >= 0.3 is 0 Å². The number of rotatable bonds is 3. The lowest BCUT2D eigenvalue weighted by Gasteiger charge is -2.07. The van der Waals surface area contributed by atoms with E-state index < -0.39 is 0 Å². The quantitative estimate of drug-likeness (QED) is 0.397. The highest BCUT2D eigenvalue weighted by Gasteiger charge is 2.29. The molecule has 4 aromatic rings. The second kappa shape index (κ2) is 6.94. The van der Waals surface area contributed by atoms with Gasteiger partial charge in [-0.05, 0) is 29.8 Å². The van der Waals surface area contributed by atoms with Crippen molar-refractivity contribution >= 4 is 45.7 Å². The molecule has 0 radical (unpaired) electrons. The SMILES string of the molecule is CN1C(=O)/C(=C/c2cn(Cc3ccccc3Cl)c3ccccc23)c2ccccc21. The number of carbonyl (C=O) groups is 1. The van der Waals surface area contributed by atoms with Gasteiger partial charge in [-0.15, -0.1) is 0 Å². The van der Waals surface area contributed by atoms with Crippen LogP contribution in [0.2, 0.25) is 5.02 Å². The molecule has 1 aromatic heterocycles. The third kappa shape index (κ3) is 2.95. The highest BCUT2D eigenvalue weighted by molar-refractivity contribution is 6.36. The lowest BCUT2D eigenvalue weighted by atomic mass is 10.0. The van der Waals surface area contributed by atoms with Gasteiger partial charge in [-0.2, -0.15) is 0 Å². The maximum atomic E-state index is 12.9. The molecule has 0 bridgehead atoms. The van der Waals surface area contributed by atoms with Crippen LogP contribution < -0.4 is 4.90 Å². The Balaban J connectivity index is 1.65. The smallest absolute Gasteiger partial charge is 0.258 e. The molecule has 1 aliphatic rings. The second-order valence-electron chi connectivity index (χ2n) is 7.26. The van der Waals surface area contributed by atoms with Crippen molar-refractivity contribution in [3.8, 4) is 0 Å². The monoisotopic (exact) mass is 398 g/mol. The molecular weight excluding hydrogens is 380 g/mol. The summed E-state index contributed by atoms with van der Waals surface area (Å²) in [7, 11) is 1.82. The summed E-state index contributed by atoms with van der Waals surface area (Å²) in [5.74, 6) is 0.0223. The summed E-state index contributed by atoms with van der Waals surface area (Å²) in [5.41, 5.74) is 5.86. The van der Waals surface area contributed by atoms with E-state index in [1.54, 1.807) is 4.90 Å². The third-order valence-corrected chi connectivity index (χ3v) is 5.88. The van der Waals surface area contributed by atoms with Crippen LogP contribution in [-0.4, -0.2) is 17.5 Å². The minimum Gasteiger partial charge on any atom is -0.342 e. The average Bonchev–Trinajstić information content (AvgIpc) is 3.21. The number of anilines is 1. The van der Waals surface area contributed by atoms with Crippen LogP contribution in [0.5, 0.6) is 0 Å². The van der Waals surface area contributed by atoms with Crippen molar-refractivity contribution in [3.05, 3.63) is 101 Å². The van der Waals surface area contributed by atoms with Gasteiger partial charge in [-0.1, -0.05) is 66.2 Å². The lowest BCUT2D eigenvalue weighted by Crippen LogP contribution is -2.20. The standard InChI is InChI=1S/C25H19ClN2O/c1-27-23-12-6-4-10-20(23)21(25(27)29)14-18-16-28(24-13-7-3-9-19(18)24)15-17-8-2-5-11-22(17)26/h2-14,16H,15H2,1H3/b21-14+. The molecule has 142 valence electrons. The number of para-hydroxylation sites is 2. The molecule has 0 saturated carbocycles. The van der Waals surface area contributed by atoms with Gasteiger partial charge in [-0.3, -0.25) is 4.79 Å². The molecule has 29 heavy (non-hydrogen) atoms. The fourth-order valence-electron chi connectivity index (χ4n) is 4.03. The first-order valence-corrected chi connectivity index (χ1v) is 9.92. The highest BCUT2D eigenvalue weighted by Crippen LogP contribution is 2.37. The summed E-state index contributed by atoms with van der Waals surface area (Å²) >= 11 is 6.39. The zero-order valence-electron chi connectivity index (χ0n) is 16.0. The summed E-state index contributed by atoms with van der Waals surface area (Å²) in [5, 5.41) is 1.87. The number of hydrogen-bond donors (Lipinski definition) is 0. The third-order valence-electron chi connectivity index (χ3n) is 5.51. The number of hydrogen-bond acceptors (Lipinski definition) is 1. The van der Waals surface area contributed by atoms with Gasteiger partial charge in [0.1, 0.15) is 0 Å². The predicted octanol–water partition coefficient (Wildman–Crippen LogP) is 5.86. The van der Waals surface area contributed by atoms with E-state index in [0.29, 0.717) is 6.54 Å². The lowest BCUT2D eigenvalue weighted by molar-refractivity contribution is -0.112. The first-order chi connectivity index (χ1) is 14.1. The summed E-state index contributed by atoms with van der Waals surface area (Å²) in [6.45, 7) is 0.674. The van der Waals surface area contributed by atoms with Gasteiger partial charge in [0.05, 0.1) is 5.69 Å². The van der Waals surface area contributed by atoms with E-state index in [2.05, 4.69) is 22.9 Å². The van der Waals surface area contributed by atoms with Crippen LogP contribution in [0, 0.1) is 0 Å². The summed E-state index contributed by atoms with van der Waals surface area (Å²) in [6, 6.07) is 24.1. The van der Waals surface area contributed by atoms with Crippen molar-refractivity contribution < 1.29 is 4.79 Å². The largest absolute Gasteiger partial charge is 0.342 e. The van der Waals surface area contributed by atoms with Crippen LogP contribution in [0.15, 0.2) is 79.0 Å². The number of aromatic nitrogens is 1. The number of benzene rings is 3.